The van der Waals surface area contributed by atoms with Crippen molar-refractivity contribution in [3.8, 4) is 5.75 Å². The van der Waals surface area contributed by atoms with Crippen LogP contribution in [0.2, 0.25) is 0 Å². The molecule has 0 saturated heterocycles. The van der Waals surface area contributed by atoms with E-state index < -0.39 is 17.9 Å². The Bertz CT molecular complexity index is 931. The maximum atomic E-state index is 12.8. The fourth-order valence-corrected chi connectivity index (χ4v) is 2.78. The highest BCUT2D eigenvalue weighted by atomic mass is 16.5. The summed E-state index contributed by atoms with van der Waals surface area (Å²) < 4.78 is 10.8. The van der Waals surface area contributed by atoms with Gasteiger partial charge in [0.05, 0.1) is 12.7 Å². The second-order valence-corrected chi connectivity index (χ2v) is 5.61. The average Bonchev–Trinajstić information content (AvgIpc) is 2.94. The third kappa shape index (κ3) is 3.19. The minimum atomic E-state index is -0.927. The van der Waals surface area contributed by atoms with E-state index in [1.54, 1.807) is 56.5 Å². The third-order valence-electron chi connectivity index (χ3n) is 3.99. The molecule has 0 saturated carbocycles. The zero-order chi connectivity index (χ0) is 18.0. The number of hydrogen-bond acceptors (Lipinski definition) is 4. The fraction of sp³-hybridized carbons (Fsp3) is 0.158. The number of nitrogens with one attached hydrogen (secondary N) is 1. The summed E-state index contributed by atoms with van der Waals surface area (Å²) in [6.07, 6.45) is 0. The van der Waals surface area contributed by atoms with E-state index in [4.69, 9.17) is 14.9 Å². The van der Waals surface area contributed by atoms with E-state index in [-0.39, 0.29) is 0 Å². The smallest absolute Gasteiger partial charge is 0.256 e. The normalized spacial score (nSPS) is 11.9. The van der Waals surface area contributed by atoms with Gasteiger partial charge in [-0.3, -0.25) is 9.59 Å². The van der Waals surface area contributed by atoms with Crippen LogP contribution < -0.4 is 15.8 Å². The van der Waals surface area contributed by atoms with Crippen LogP contribution >= 0.6 is 0 Å². The van der Waals surface area contributed by atoms with Gasteiger partial charge in [0.15, 0.2) is 0 Å². The summed E-state index contributed by atoms with van der Waals surface area (Å²) >= 11 is 0. The Kier molecular flexibility index (Phi) is 4.43. The largest absolute Gasteiger partial charge is 0.497 e. The second kappa shape index (κ2) is 6.68. The van der Waals surface area contributed by atoms with E-state index >= 15 is 0 Å². The predicted molar refractivity (Wildman–Crippen MR) is 93.3 cm³/mol. The molecule has 6 nitrogen and oxygen atoms in total. The number of ether oxygens (including phenoxy) is 1. The number of carbonyl (C=O) groups is 2. The van der Waals surface area contributed by atoms with Crippen LogP contribution in [0, 0.1) is 6.92 Å². The lowest BCUT2D eigenvalue weighted by Gasteiger charge is -2.15. The van der Waals surface area contributed by atoms with Gasteiger partial charge in [-0.05, 0) is 30.7 Å². The van der Waals surface area contributed by atoms with Crippen molar-refractivity contribution in [1.82, 2.24) is 5.32 Å². The van der Waals surface area contributed by atoms with Crippen molar-refractivity contribution in [2.45, 2.75) is 13.0 Å². The standard InChI is InChI=1S/C19H18N2O4/c1-11-16(14-10-13(24-2)8-9-15(14)25-11)19(23)21-17(18(20)22)12-6-4-3-5-7-12/h3-10,17H,1-2H3,(H2,20,22)(H,21,23)/t17-/m1/s1. The van der Waals surface area contributed by atoms with E-state index in [0.29, 0.717) is 33.6 Å². The number of fused-ring (bicyclic) bond motifs is 1. The number of carbonyl (C=O) groups excluding carboxylic acids is 2. The van der Waals surface area contributed by atoms with Crippen molar-refractivity contribution >= 4 is 22.8 Å². The van der Waals surface area contributed by atoms with Crippen LogP contribution in [0.15, 0.2) is 52.9 Å². The third-order valence-corrected chi connectivity index (χ3v) is 3.99. The minimum Gasteiger partial charge on any atom is -0.497 e. The highest BCUT2D eigenvalue weighted by Gasteiger charge is 2.25. The first-order valence-electron chi connectivity index (χ1n) is 7.73. The Morgan fingerprint density at radius 3 is 2.52 bits per heavy atom. The van der Waals surface area contributed by atoms with Crippen molar-refractivity contribution < 1.29 is 18.7 Å². The number of methoxy groups -OCH3 is 1. The van der Waals surface area contributed by atoms with Gasteiger partial charge in [0.1, 0.15) is 23.1 Å². The lowest BCUT2D eigenvalue weighted by atomic mass is 10.0. The van der Waals surface area contributed by atoms with Crippen molar-refractivity contribution in [3.63, 3.8) is 0 Å². The molecule has 0 bridgehead atoms. The molecule has 3 N–H and O–H groups in total. The SMILES string of the molecule is COc1ccc2oc(C)c(C(=O)N[C@@H](C(N)=O)c3ccccc3)c2c1. The number of furan rings is 1. The van der Waals surface area contributed by atoms with Gasteiger partial charge in [-0.15, -0.1) is 0 Å². The van der Waals surface area contributed by atoms with Crippen LogP contribution in [-0.2, 0) is 4.79 Å². The van der Waals surface area contributed by atoms with Crippen LogP contribution in [-0.4, -0.2) is 18.9 Å². The van der Waals surface area contributed by atoms with Crippen molar-refractivity contribution in [1.29, 1.82) is 0 Å². The number of nitrogens with two attached hydrogens (primary N) is 1. The molecule has 0 aliphatic rings. The fourth-order valence-electron chi connectivity index (χ4n) is 2.78. The first-order valence-corrected chi connectivity index (χ1v) is 7.73. The second-order valence-electron chi connectivity index (χ2n) is 5.61. The van der Waals surface area contributed by atoms with Gasteiger partial charge in [-0.25, -0.2) is 0 Å². The van der Waals surface area contributed by atoms with Gasteiger partial charge < -0.3 is 20.2 Å². The summed E-state index contributed by atoms with van der Waals surface area (Å²) in [5, 5.41) is 3.31. The molecule has 0 spiro atoms. The van der Waals surface area contributed by atoms with Gasteiger partial charge in [0.25, 0.3) is 5.91 Å². The van der Waals surface area contributed by atoms with Crippen LogP contribution in [0.5, 0.6) is 5.75 Å². The lowest BCUT2D eigenvalue weighted by Crippen LogP contribution is -2.37. The van der Waals surface area contributed by atoms with Gasteiger partial charge in [0.2, 0.25) is 5.91 Å². The molecule has 6 heteroatoms. The molecule has 2 amide bonds. The first-order chi connectivity index (χ1) is 12.0. The van der Waals surface area contributed by atoms with E-state index in [9.17, 15) is 9.59 Å². The van der Waals surface area contributed by atoms with Crippen LogP contribution in [0.25, 0.3) is 11.0 Å². The maximum Gasteiger partial charge on any atom is 0.256 e. The number of aryl methyl sites for hydroxylation is 1. The average molecular weight is 338 g/mol. The Labute approximate surface area is 144 Å². The Hall–Kier alpha value is -3.28. The molecule has 0 unspecified atom stereocenters. The Balaban J connectivity index is 1.99. The molecule has 128 valence electrons. The van der Waals surface area contributed by atoms with Crippen LogP contribution in [0.4, 0.5) is 0 Å². The molecule has 1 atom stereocenters. The molecule has 1 heterocycles. The summed E-state index contributed by atoms with van der Waals surface area (Å²) in [6.45, 7) is 1.70. The molecule has 0 fully saturated rings. The molecule has 0 aliphatic carbocycles. The molecule has 2 aromatic carbocycles. The highest BCUT2D eigenvalue weighted by molar-refractivity contribution is 6.08. The number of benzene rings is 2. The number of amides is 2. The van der Waals surface area contributed by atoms with Crippen molar-refractivity contribution in [2.75, 3.05) is 7.11 Å². The number of primary amides is 1. The maximum absolute atomic E-state index is 12.8. The highest BCUT2D eigenvalue weighted by Crippen LogP contribution is 2.29. The van der Waals surface area contributed by atoms with E-state index in [1.165, 1.54) is 0 Å². The molecular weight excluding hydrogens is 320 g/mol. The van der Waals surface area contributed by atoms with Crippen molar-refractivity contribution in [3.05, 3.63) is 65.4 Å². The number of rotatable bonds is 5. The summed E-state index contributed by atoms with van der Waals surface area (Å²) in [6, 6.07) is 13.1. The molecular formula is C19H18N2O4. The van der Waals surface area contributed by atoms with Crippen LogP contribution in [0.3, 0.4) is 0 Å². The minimum absolute atomic E-state index is 0.357. The molecule has 25 heavy (non-hydrogen) atoms. The zero-order valence-corrected chi connectivity index (χ0v) is 13.9. The van der Waals surface area contributed by atoms with Gasteiger partial charge in [-0.2, -0.15) is 0 Å². The molecule has 0 radical (unpaired) electrons. The zero-order valence-electron chi connectivity index (χ0n) is 13.9. The summed E-state index contributed by atoms with van der Waals surface area (Å²) in [7, 11) is 1.55. The Morgan fingerprint density at radius 2 is 1.88 bits per heavy atom. The number of hydrogen-bond donors (Lipinski definition) is 2. The summed E-state index contributed by atoms with van der Waals surface area (Å²) in [5.41, 5.74) is 7.01. The molecule has 0 aliphatic heterocycles. The molecule has 3 rings (SSSR count). The van der Waals surface area contributed by atoms with Gasteiger partial charge in [0, 0.05) is 5.39 Å². The molecule has 3 aromatic rings. The monoisotopic (exact) mass is 338 g/mol. The van der Waals surface area contributed by atoms with Gasteiger partial charge >= 0.3 is 0 Å². The van der Waals surface area contributed by atoms with E-state index in [1.807, 2.05) is 6.07 Å². The van der Waals surface area contributed by atoms with Crippen molar-refractivity contribution in [2.24, 2.45) is 5.73 Å². The summed E-state index contributed by atoms with van der Waals surface area (Å²) in [4.78, 5) is 24.6. The quantitative estimate of drug-likeness (QED) is 0.748. The van der Waals surface area contributed by atoms with E-state index in [2.05, 4.69) is 5.32 Å². The lowest BCUT2D eigenvalue weighted by molar-refractivity contribution is -0.120. The van der Waals surface area contributed by atoms with E-state index in [0.717, 1.165) is 0 Å². The summed E-state index contributed by atoms with van der Waals surface area (Å²) in [5.74, 6) is -0.00589. The first kappa shape index (κ1) is 16.6. The van der Waals surface area contributed by atoms with Gasteiger partial charge in [-0.1, -0.05) is 30.3 Å². The Morgan fingerprint density at radius 1 is 1.16 bits per heavy atom. The predicted octanol–water partition coefficient (Wildman–Crippen LogP) is 2.71. The van der Waals surface area contributed by atoms with Crippen LogP contribution in [0.1, 0.15) is 27.7 Å². The topological polar surface area (TPSA) is 94.6 Å². The molecule has 1 aromatic heterocycles.